The third-order valence-corrected chi connectivity index (χ3v) is 3.83. The third kappa shape index (κ3) is 9.39. The summed E-state index contributed by atoms with van der Waals surface area (Å²) in [4.78, 5) is 48.9. The average Bonchev–Trinajstić information content (AvgIpc) is 2.50. The molecule has 0 aliphatic rings. The summed E-state index contributed by atoms with van der Waals surface area (Å²) in [5.41, 5.74) is -1.02. The van der Waals surface area contributed by atoms with Gasteiger partial charge in [-0.2, -0.15) is 0 Å². The SMILES string of the molecule is CNC(=O)CN(C)C(=O)C[C@@H](C)CNC(=O)C(C)(C)NC(=O)CC(C)C. The predicted molar refractivity (Wildman–Crippen MR) is 100 cm³/mol. The van der Waals surface area contributed by atoms with Gasteiger partial charge < -0.3 is 20.9 Å². The molecule has 3 N–H and O–H groups in total. The number of carbonyl (C=O) groups is 4. The first-order chi connectivity index (χ1) is 11.9. The average molecular weight is 370 g/mol. The molecule has 0 spiro atoms. The summed E-state index contributed by atoms with van der Waals surface area (Å²) in [6.07, 6.45) is 0.577. The van der Waals surface area contributed by atoms with Gasteiger partial charge in [0.05, 0.1) is 6.54 Å². The minimum Gasteiger partial charge on any atom is -0.358 e. The maximum Gasteiger partial charge on any atom is 0.245 e. The Hall–Kier alpha value is -2.12. The molecule has 0 aromatic rings. The first kappa shape index (κ1) is 23.9. The van der Waals surface area contributed by atoms with Crippen LogP contribution in [-0.4, -0.2) is 61.3 Å². The van der Waals surface area contributed by atoms with E-state index in [9.17, 15) is 19.2 Å². The molecule has 0 aliphatic carbocycles. The number of carbonyl (C=O) groups excluding carboxylic acids is 4. The lowest BCUT2D eigenvalue weighted by molar-refractivity contribution is -0.135. The molecule has 0 radical (unpaired) electrons. The van der Waals surface area contributed by atoms with E-state index in [0.717, 1.165) is 0 Å². The van der Waals surface area contributed by atoms with Crippen molar-refractivity contribution >= 4 is 23.6 Å². The zero-order valence-electron chi connectivity index (χ0n) is 17.1. The van der Waals surface area contributed by atoms with Gasteiger partial charge in [-0.1, -0.05) is 20.8 Å². The Morgan fingerprint density at radius 2 is 1.58 bits per heavy atom. The highest BCUT2D eigenvalue weighted by Crippen LogP contribution is 2.08. The van der Waals surface area contributed by atoms with Gasteiger partial charge in [0.25, 0.3) is 0 Å². The summed E-state index contributed by atoms with van der Waals surface area (Å²) in [6, 6.07) is 0. The van der Waals surface area contributed by atoms with Crippen LogP contribution >= 0.6 is 0 Å². The molecule has 0 unspecified atom stereocenters. The highest BCUT2D eigenvalue weighted by molar-refractivity contribution is 5.90. The molecule has 0 aromatic heterocycles. The van der Waals surface area contributed by atoms with E-state index >= 15 is 0 Å². The van der Waals surface area contributed by atoms with Crippen molar-refractivity contribution in [3.63, 3.8) is 0 Å². The van der Waals surface area contributed by atoms with Crippen LogP contribution in [0.4, 0.5) is 0 Å². The molecular formula is C18H34N4O4. The summed E-state index contributed by atoms with van der Waals surface area (Å²) in [6.45, 7) is 9.32. The summed E-state index contributed by atoms with van der Waals surface area (Å²) < 4.78 is 0. The monoisotopic (exact) mass is 370 g/mol. The predicted octanol–water partition coefficient (Wildman–Crippen LogP) is 0.274. The second-order valence-electron chi connectivity index (χ2n) is 7.71. The molecule has 0 fully saturated rings. The smallest absolute Gasteiger partial charge is 0.245 e. The molecule has 1 atom stereocenters. The van der Waals surface area contributed by atoms with Crippen molar-refractivity contribution in [1.82, 2.24) is 20.9 Å². The minimum absolute atomic E-state index is 0.00330. The van der Waals surface area contributed by atoms with Crippen LogP contribution in [0.15, 0.2) is 0 Å². The standard InChI is InChI=1S/C18H34N4O4/c1-12(2)8-14(23)21-18(4,5)17(26)20-10-13(3)9-16(25)22(7)11-15(24)19-6/h12-13H,8-11H2,1-7H3,(H,19,24)(H,20,26)(H,21,23)/t13-/m1/s1. The van der Waals surface area contributed by atoms with Crippen molar-refractivity contribution in [2.75, 3.05) is 27.2 Å². The van der Waals surface area contributed by atoms with Crippen molar-refractivity contribution in [2.45, 2.75) is 53.0 Å². The molecule has 8 nitrogen and oxygen atoms in total. The Bertz CT molecular complexity index is 517. The molecule has 0 heterocycles. The lowest BCUT2D eigenvalue weighted by atomic mass is 10.0. The molecule has 26 heavy (non-hydrogen) atoms. The van der Waals surface area contributed by atoms with Gasteiger partial charge in [0, 0.05) is 33.5 Å². The number of nitrogens with one attached hydrogen (secondary N) is 3. The second kappa shape index (κ2) is 10.8. The Labute approximate surface area is 156 Å². The van der Waals surface area contributed by atoms with Gasteiger partial charge in [0.15, 0.2) is 0 Å². The Morgan fingerprint density at radius 1 is 1.00 bits per heavy atom. The first-order valence-electron chi connectivity index (χ1n) is 8.92. The molecule has 4 amide bonds. The van der Waals surface area contributed by atoms with Crippen molar-refractivity contribution in [3.05, 3.63) is 0 Å². The lowest BCUT2D eigenvalue weighted by Crippen LogP contribution is -2.55. The van der Waals surface area contributed by atoms with E-state index in [-0.39, 0.29) is 48.4 Å². The quantitative estimate of drug-likeness (QED) is 0.513. The molecule has 0 aliphatic heterocycles. The summed E-state index contributed by atoms with van der Waals surface area (Å²) in [5.74, 6) is -0.750. The molecule has 0 saturated heterocycles. The highest BCUT2D eigenvalue weighted by atomic mass is 16.2. The van der Waals surface area contributed by atoms with Crippen molar-refractivity contribution < 1.29 is 19.2 Å². The lowest BCUT2D eigenvalue weighted by Gasteiger charge is -2.26. The molecular weight excluding hydrogens is 336 g/mol. The summed E-state index contributed by atoms with van der Waals surface area (Å²) in [5, 5.41) is 7.97. The van der Waals surface area contributed by atoms with Gasteiger partial charge >= 0.3 is 0 Å². The Balaban J connectivity index is 4.41. The summed E-state index contributed by atoms with van der Waals surface area (Å²) >= 11 is 0. The number of amides is 4. The van der Waals surface area contributed by atoms with E-state index < -0.39 is 5.54 Å². The molecule has 0 saturated carbocycles. The second-order valence-corrected chi connectivity index (χ2v) is 7.71. The zero-order chi connectivity index (χ0) is 20.5. The molecule has 150 valence electrons. The van der Waals surface area contributed by atoms with E-state index in [1.165, 1.54) is 11.9 Å². The van der Waals surface area contributed by atoms with Crippen LogP contribution in [0, 0.1) is 11.8 Å². The van der Waals surface area contributed by atoms with Crippen LogP contribution in [0.5, 0.6) is 0 Å². The number of nitrogens with zero attached hydrogens (tertiary/aromatic N) is 1. The van der Waals surface area contributed by atoms with Crippen molar-refractivity contribution in [2.24, 2.45) is 11.8 Å². The van der Waals surface area contributed by atoms with Gasteiger partial charge in [-0.15, -0.1) is 0 Å². The van der Waals surface area contributed by atoms with Crippen LogP contribution in [-0.2, 0) is 19.2 Å². The van der Waals surface area contributed by atoms with Crippen LogP contribution in [0.25, 0.3) is 0 Å². The van der Waals surface area contributed by atoms with E-state index in [0.29, 0.717) is 13.0 Å². The van der Waals surface area contributed by atoms with Crippen LogP contribution < -0.4 is 16.0 Å². The maximum absolute atomic E-state index is 12.3. The molecule has 0 bridgehead atoms. The van der Waals surface area contributed by atoms with Gasteiger partial charge in [-0.25, -0.2) is 0 Å². The molecule has 8 heteroatoms. The van der Waals surface area contributed by atoms with Crippen LogP contribution in [0.3, 0.4) is 0 Å². The topological polar surface area (TPSA) is 108 Å². The number of hydrogen-bond acceptors (Lipinski definition) is 4. The minimum atomic E-state index is -1.02. The van der Waals surface area contributed by atoms with E-state index in [2.05, 4.69) is 16.0 Å². The maximum atomic E-state index is 12.3. The van der Waals surface area contributed by atoms with Gasteiger partial charge in [-0.05, 0) is 25.7 Å². The fourth-order valence-electron chi connectivity index (χ4n) is 2.22. The van der Waals surface area contributed by atoms with Gasteiger partial charge in [0.2, 0.25) is 23.6 Å². The van der Waals surface area contributed by atoms with Crippen molar-refractivity contribution in [3.8, 4) is 0 Å². The zero-order valence-corrected chi connectivity index (χ0v) is 17.1. The third-order valence-electron chi connectivity index (χ3n) is 3.83. The Morgan fingerprint density at radius 3 is 2.08 bits per heavy atom. The van der Waals surface area contributed by atoms with Crippen LogP contribution in [0.1, 0.15) is 47.5 Å². The van der Waals surface area contributed by atoms with Gasteiger partial charge in [0.1, 0.15) is 5.54 Å². The van der Waals surface area contributed by atoms with E-state index in [1.807, 2.05) is 20.8 Å². The number of rotatable bonds is 10. The van der Waals surface area contributed by atoms with Gasteiger partial charge in [-0.3, -0.25) is 19.2 Å². The summed E-state index contributed by atoms with van der Waals surface area (Å²) in [7, 11) is 3.08. The van der Waals surface area contributed by atoms with E-state index in [1.54, 1.807) is 20.9 Å². The Kier molecular flexibility index (Phi) is 9.90. The van der Waals surface area contributed by atoms with Crippen molar-refractivity contribution in [1.29, 1.82) is 0 Å². The normalized spacial score (nSPS) is 12.3. The fourth-order valence-corrected chi connectivity index (χ4v) is 2.22. The number of likely N-dealkylation sites (N-methyl/N-ethyl adjacent to an activating group) is 2. The fraction of sp³-hybridized carbons (Fsp3) is 0.778. The largest absolute Gasteiger partial charge is 0.358 e. The number of hydrogen-bond donors (Lipinski definition) is 3. The molecule has 0 rings (SSSR count). The highest BCUT2D eigenvalue weighted by Gasteiger charge is 2.29. The first-order valence-corrected chi connectivity index (χ1v) is 8.92. The van der Waals surface area contributed by atoms with E-state index in [4.69, 9.17) is 0 Å². The van der Waals surface area contributed by atoms with Crippen LogP contribution in [0.2, 0.25) is 0 Å². The molecule has 0 aromatic carbocycles.